The molecule has 1 N–H and O–H groups in total. The Labute approximate surface area is 179 Å². The molecule has 0 atom stereocenters. The van der Waals surface area contributed by atoms with E-state index in [-0.39, 0.29) is 24.4 Å². The second-order valence-electron chi connectivity index (χ2n) is 6.91. The van der Waals surface area contributed by atoms with Gasteiger partial charge in [0, 0.05) is 16.9 Å². The number of ether oxygens (including phenoxy) is 1. The average molecular weight is 423 g/mol. The number of nitriles is 1. The van der Waals surface area contributed by atoms with Crippen LogP contribution in [-0.2, 0) is 27.2 Å². The van der Waals surface area contributed by atoms with Crippen molar-refractivity contribution in [3.63, 3.8) is 0 Å². The van der Waals surface area contributed by atoms with Gasteiger partial charge in [0.15, 0.2) is 12.4 Å². The zero-order valence-corrected chi connectivity index (χ0v) is 17.3. The van der Waals surface area contributed by atoms with E-state index in [0.29, 0.717) is 11.3 Å². The summed E-state index contributed by atoms with van der Waals surface area (Å²) in [5, 5.41) is 11.4. The lowest BCUT2D eigenvalue weighted by atomic mass is 10.0. The molecule has 0 heterocycles. The van der Waals surface area contributed by atoms with Gasteiger partial charge in [0.05, 0.1) is 23.9 Å². The number of nitrogens with zero attached hydrogens (tertiary/aromatic N) is 1. The van der Waals surface area contributed by atoms with Crippen molar-refractivity contribution in [3.8, 4) is 6.07 Å². The normalized spacial score (nSPS) is 12.0. The van der Waals surface area contributed by atoms with Crippen LogP contribution in [-0.4, -0.2) is 30.0 Å². The number of anilines is 1. The Morgan fingerprint density at radius 1 is 1.07 bits per heavy atom. The van der Waals surface area contributed by atoms with Gasteiger partial charge < -0.3 is 10.1 Å². The summed E-state index contributed by atoms with van der Waals surface area (Å²) in [6.45, 7) is -0.427. The van der Waals surface area contributed by atoms with E-state index in [1.165, 1.54) is 22.9 Å². The van der Waals surface area contributed by atoms with Crippen LogP contribution in [0.4, 0.5) is 5.69 Å². The fourth-order valence-corrected chi connectivity index (χ4v) is 3.98. The van der Waals surface area contributed by atoms with E-state index in [1.54, 1.807) is 18.2 Å². The molecule has 0 aromatic heterocycles. The Bertz CT molecular complexity index is 997. The molecule has 0 spiro atoms. The zero-order chi connectivity index (χ0) is 21.3. The largest absolute Gasteiger partial charge is 0.456 e. The Morgan fingerprint density at radius 2 is 1.87 bits per heavy atom. The number of ketones is 1. The van der Waals surface area contributed by atoms with Crippen molar-refractivity contribution in [1.29, 1.82) is 5.26 Å². The van der Waals surface area contributed by atoms with Crippen molar-refractivity contribution >= 4 is 35.1 Å². The fraction of sp³-hybridized carbons (Fsp3) is 0.304. The number of hydrogen-bond acceptors (Lipinski definition) is 6. The van der Waals surface area contributed by atoms with Crippen LogP contribution in [0.2, 0.25) is 0 Å². The number of nitrogens with one attached hydrogen (secondary N) is 1. The average Bonchev–Trinajstić information content (AvgIpc) is 3.23. The topological polar surface area (TPSA) is 96.3 Å². The van der Waals surface area contributed by atoms with E-state index < -0.39 is 18.5 Å². The predicted molar refractivity (Wildman–Crippen MR) is 114 cm³/mol. The number of benzene rings is 2. The molecule has 0 saturated carbocycles. The maximum absolute atomic E-state index is 12.3. The summed E-state index contributed by atoms with van der Waals surface area (Å²) in [4.78, 5) is 37.1. The predicted octanol–water partition coefficient (Wildman–Crippen LogP) is 3.94. The third-order valence-corrected chi connectivity index (χ3v) is 5.73. The molecule has 30 heavy (non-hydrogen) atoms. The van der Waals surface area contributed by atoms with E-state index in [0.717, 1.165) is 24.2 Å². The smallest absolute Gasteiger partial charge is 0.306 e. The SMILES string of the molecule is N#CCSc1ccccc1NC(=O)COC(=O)CCC(=O)c1ccc2c(c1)CCC2. The second-order valence-corrected chi connectivity index (χ2v) is 7.93. The molecule has 7 heteroatoms. The Kier molecular flexibility index (Phi) is 7.63. The van der Waals surface area contributed by atoms with E-state index in [4.69, 9.17) is 10.00 Å². The van der Waals surface area contributed by atoms with Crippen molar-refractivity contribution in [1.82, 2.24) is 0 Å². The molecule has 0 radical (unpaired) electrons. The number of fused-ring (bicyclic) bond motifs is 1. The van der Waals surface area contributed by atoms with Gasteiger partial charge in [-0.2, -0.15) is 5.26 Å². The van der Waals surface area contributed by atoms with Crippen LogP contribution < -0.4 is 5.32 Å². The highest BCUT2D eigenvalue weighted by Gasteiger charge is 2.16. The number of thioether (sulfide) groups is 1. The monoisotopic (exact) mass is 422 g/mol. The minimum atomic E-state index is -0.591. The number of Topliss-reactive ketones (excluding diaryl/α,β-unsaturated/α-hetero) is 1. The molecule has 0 aliphatic heterocycles. The lowest BCUT2D eigenvalue weighted by Gasteiger charge is -2.10. The number of carbonyl (C=O) groups excluding carboxylic acids is 3. The van der Waals surface area contributed by atoms with Crippen molar-refractivity contribution in [3.05, 3.63) is 59.2 Å². The molecule has 3 rings (SSSR count). The third-order valence-electron chi connectivity index (χ3n) is 4.79. The number of aryl methyl sites for hydroxylation is 2. The molecule has 154 valence electrons. The highest BCUT2D eigenvalue weighted by atomic mass is 32.2. The van der Waals surface area contributed by atoms with Gasteiger partial charge in [0.2, 0.25) is 0 Å². The molecular weight excluding hydrogens is 400 g/mol. The number of esters is 1. The summed E-state index contributed by atoms with van der Waals surface area (Å²) in [6.07, 6.45) is 3.14. The highest BCUT2D eigenvalue weighted by Crippen LogP contribution is 2.26. The Hall–Kier alpha value is -3.11. The number of carbonyl (C=O) groups is 3. The standard InChI is InChI=1S/C23H22N2O4S/c24-12-13-30-21-7-2-1-6-19(21)25-22(27)15-29-23(28)11-10-20(26)18-9-8-16-4-3-5-17(16)14-18/h1-2,6-9,14H,3-5,10-11,13,15H2,(H,25,27). The maximum atomic E-state index is 12.3. The summed E-state index contributed by atoms with van der Waals surface area (Å²) in [6, 6.07) is 14.9. The fourth-order valence-electron chi connectivity index (χ4n) is 3.32. The first-order valence-electron chi connectivity index (χ1n) is 9.76. The number of rotatable bonds is 9. The summed E-state index contributed by atoms with van der Waals surface area (Å²) < 4.78 is 4.99. The van der Waals surface area contributed by atoms with Crippen LogP contribution >= 0.6 is 11.8 Å². The highest BCUT2D eigenvalue weighted by molar-refractivity contribution is 7.99. The first-order valence-corrected chi connectivity index (χ1v) is 10.7. The molecule has 0 saturated heterocycles. The number of para-hydroxylation sites is 1. The molecule has 6 nitrogen and oxygen atoms in total. The van der Waals surface area contributed by atoms with Crippen molar-refractivity contribution in [2.75, 3.05) is 17.7 Å². The molecule has 1 aliphatic carbocycles. The van der Waals surface area contributed by atoms with Gasteiger partial charge in [-0.1, -0.05) is 24.3 Å². The van der Waals surface area contributed by atoms with Gasteiger partial charge in [-0.05, 0) is 48.6 Å². The minimum absolute atomic E-state index is 0.0485. The van der Waals surface area contributed by atoms with Crippen LogP contribution in [0.5, 0.6) is 0 Å². The Balaban J connectivity index is 1.43. The van der Waals surface area contributed by atoms with Crippen LogP contribution in [0, 0.1) is 11.3 Å². The van der Waals surface area contributed by atoms with Crippen molar-refractivity contribution < 1.29 is 19.1 Å². The van der Waals surface area contributed by atoms with E-state index >= 15 is 0 Å². The molecule has 0 bridgehead atoms. The number of hydrogen-bond donors (Lipinski definition) is 1. The second kappa shape index (κ2) is 10.6. The van der Waals surface area contributed by atoms with Crippen molar-refractivity contribution in [2.45, 2.75) is 37.0 Å². The summed E-state index contributed by atoms with van der Waals surface area (Å²) in [5.41, 5.74) is 3.69. The van der Waals surface area contributed by atoms with Crippen LogP contribution in [0.1, 0.15) is 40.7 Å². The first-order chi connectivity index (χ1) is 14.6. The van der Waals surface area contributed by atoms with Crippen molar-refractivity contribution in [2.24, 2.45) is 0 Å². The van der Waals surface area contributed by atoms with Gasteiger partial charge in [-0.25, -0.2) is 0 Å². The molecule has 1 amide bonds. The molecule has 0 fully saturated rings. The van der Waals surface area contributed by atoms with E-state index in [2.05, 4.69) is 5.32 Å². The van der Waals surface area contributed by atoms with Gasteiger partial charge in [0.1, 0.15) is 0 Å². The quantitative estimate of drug-likeness (QED) is 0.374. The summed E-state index contributed by atoms with van der Waals surface area (Å²) in [7, 11) is 0. The molecule has 0 unspecified atom stereocenters. The van der Waals surface area contributed by atoms with Crippen LogP contribution in [0.3, 0.4) is 0 Å². The van der Waals surface area contributed by atoms with E-state index in [9.17, 15) is 14.4 Å². The molecule has 1 aliphatic rings. The van der Waals surface area contributed by atoms with Gasteiger partial charge in [0.25, 0.3) is 5.91 Å². The first kappa shape index (κ1) is 21.6. The minimum Gasteiger partial charge on any atom is -0.456 e. The maximum Gasteiger partial charge on any atom is 0.306 e. The van der Waals surface area contributed by atoms with Gasteiger partial charge in [-0.3, -0.25) is 14.4 Å². The van der Waals surface area contributed by atoms with Crippen LogP contribution in [0.25, 0.3) is 0 Å². The molecular formula is C23H22N2O4S. The summed E-state index contributed by atoms with van der Waals surface area (Å²) >= 11 is 1.31. The molecule has 2 aromatic rings. The van der Waals surface area contributed by atoms with Gasteiger partial charge >= 0.3 is 5.97 Å². The summed E-state index contributed by atoms with van der Waals surface area (Å²) in [5.74, 6) is -0.903. The number of amides is 1. The lowest BCUT2D eigenvalue weighted by molar-refractivity contribution is -0.147. The molecule has 2 aromatic carbocycles. The Morgan fingerprint density at radius 3 is 2.70 bits per heavy atom. The van der Waals surface area contributed by atoms with Gasteiger partial charge in [-0.15, -0.1) is 11.8 Å². The third kappa shape index (κ3) is 5.94. The van der Waals surface area contributed by atoms with E-state index in [1.807, 2.05) is 30.3 Å². The lowest BCUT2D eigenvalue weighted by Crippen LogP contribution is -2.21. The zero-order valence-electron chi connectivity index (χ0n) is 16.5. The van der Waals surface area contributed by atoms with Crippen LogP contribution in [0.15, 0.2) is 47.4 Å².